The molecule has 0 spiro atoms. The Morgan fingerprint density at radius 1 is 0.323 bits per heavy atom. The normalized spacial score (nSPS) is 12.9. The Hall–Kier alpha value is -8.34. The van der Waals surface area contributed by atoms with Crippen molar-refractivity contribution < 1.29 is 0 Å². The smallest absolute Gasteiger partial charge is 0.160 e. The van der Waals surface area contributed by atoms with Crippen LogP contribution in [0.25, 0.3) is 111 Å². The third kappa shape index (κ3) is 5.84. The second kappa shape index (κ2) is 14.3. The quantitative estimate of drug-likeness (QED) is 0.167. The molecule has 306 valence electrons. The standard InChI is InChI=1S/C61H42N4/c1-61(2)52-23-11-6-18-46(52)47-33-30-41(37-53(47)61)42-34-43(36-45(35-42)65-58-26-14-9-21-50(58)51-22-10-15-27-59(51)65)55-38-54(62-60(63-55)40-16-4-3-5-17-40)39-28-31-44(32-29-39)64-56-24-12-7-19-48(56)49-20-8-13-25-57(49)64/h3-38H,1-2H3. The zero-order chi connectivity index (χ0) is 43.2. The summed E-state index contributed by atoms with van der Waals surface area (Å²) in [4.78, 5) is 10.7. The number of para-hydroxylation sites is 4. The number of fused-ring (bicyclic) bond motifs is 9. The zero-order valence-electron chi connectivity index (χ0n) is 36.1. The summed E-state index contributed by atoms with van der Waals surface area (Å²) in [5.41, 5.74) is 19.2. The minimum absolute atomic E-state index is 0.127. The van der Waals surface area contributed by atoms with E-state index in [1.807, 2.05) is 6.07 Å². The van der Waals surface area contributed by atoms with Crippen molar-refractivity contribution in [3.8, 4) is 67.5 Å². The largest absolute Gasteiger partial charge is 0.309 e. The van der Waals surface area contributed by atoms with E-state index >= 15 is 0 Å². The van der Waals surface area contributed by atoms with Crippen LogP contribution in [-0.4, -0.2) is 19.1 Å². The third-order valence-corrected chi connectivity index (χ3v) is 13.7. The number of hydrogen-bond donors (Lipinski definition) is 0. The highest BCUT2D eigenvalue weighted by atomic mass is 15.0. The van der Waals surface area contributed by atoms with Gasteiger partial charge < -0.3 is 9.13 Å². The summed E-state index contributed by atoms with van der Waals surface area (Å²) in [7, 11) is 0. The first kappa shape index (κ1) is 37.2. The van der Waals surface area contributed by atoms with Gasteiger partial charge in [-0.3, -0.25) is 0 Å². The van der Waals surface area contributed by atoms with Gasteiger partial charge >= 0.3 is 0 Å². The van der Waals surface area contributed by atoms with Gasteiger partial charge in [-0.1, -0.05) is 166 Å². The maximum absolute atomic E-state index is 5.39. The lowest BCUT2D eigenvalue weighted by Crippen LogP contribution is -2.14. The number of aromatic nitrogens is 4. The van der Waals surface area contributed by atoms with E-state index in [9.17, 15) is 0 Å². The fourth-order valence-electron chi connectivity index (χ4n) is 10.6. The third-order valence-electron chi connectivity index (χ3n) is 13.7. The molecule has 65 heavy (non-hydrogen) atoms. The van der Waals surface area contributed by atoms with Crippen LogP contribution in [0.15, 0.2) is 218 Å². The van der Waals surface area contributed by atoms with Crippen molar-refractivity contribution in [2.45, 2.75) is 19.3 Å². The minimum atomic E-state index is -0.127. The van der Waals surface area contributed by atoms with Crippen LogP contribution < -0.4 is 0 Å². The Kier molecular flexibility index (Phi) is 8.22. The summed E-state index contributed by atoms with van der Waals surface area (Å²) in [5, 5.41) is 4.95. The Morgan fingerprint density at radius 3 is 1.42 bits per heavy atom. The van der Waals surface area contributed by atoms with Gasteiger partial charge in [0.15, 0.2) is 5.82 Å². The van der Waals surface area contributed by atoms with E-state index in [4.69, 9.17) is 9.97 Å². The maximum atomic E-state index is 5.39. The van der Waals surface area contributed by atoms with Gasteiger partial charge in [-0.15, -0.1) is 0 Å². The number of benzene rings is 9. The average Bonchev–Trinajstić information content (AvgIpc) is 3.97. The van der Waals surface area contributed by atoms with E-state index in [2.05, 4.69) is 235 Å². The van der Waals surface area contributed by atoms with Crippen molar-refractivity contribution in [2.24, 2.45) is 0 Å². The predicted octanol–water partition coefficient (Wildman–Crippen LogP) is 15.6. The van der Waals surface area contributed by atoms with Crippen LogP contribution in [-0.2, 0) is 5.41 Å². The van der Waals surface area contributed by atoms with Crippen LogP contribution in [0.3, 0.4) is 0 Å². The Labute approximate surface area is 377 Å². The second-order valence-electron chi connectivity index (χ2n) is 17.8. The van der Waals surface area contributed by atoms with Crippen LogP contribution in [0.4, 0.5) is 0 Å². The van der Waals surface area contributed by atoms with Gasteiger partial charge in [0.05, 0.1) is 33.5 Å². The summed E-state index contributed by atoms with van der Waals surface area (Å²) in [6, 6.07) is 79.0. The van der Waals surface area contributed by atoms with Gasteiger partial charge in [0.2, 0.25) is 0 Å². The van der Waals surface area contributed by atoms with Gasteiger partial charge in [0.25, 0.3) is 0 Å². The van der Waals surface area contributed by atoms with E-state index in [1.54, 1.807) is 0 Å². The first-order valence-corrected chi connectivity index (χ1v) is 22.4. The van der Waals surface area contributed by atoms with Crippen LogP contribution in [0.1, 0.15) is 25.0 Å². The summed E-state index contributed by atoms with van der Waals surface area (Å²) in [6.07, 6.45) is 0. The van der Waals surface area contributed by atoms with Crippen LogP contribution >= 0.6 is 0 Å². The molecule has 4 nitrogen and oxygen atoms in total. The fraction of sp³-hybridized carbons (Fsp3) is 0.0492. The van der Waals surface area contributed by atoms with E-state index in [0.717, 1.165) is 45.0 Å². The molecule has 0 atom stereocenters. The van der Waals surface area contributed by atoms with Crippen molar-refractivity contribution in [3.05, 3.63) is 230 Å². The van der Waals surface area contributed by atoms with Crippen LogP contribution in [0, 0.1) is 0 Å². The van der Waals surface area contributed by atoms with Crippen molar-refractivity contribution in [2.75, 3.05) is 0 Å². The minimum Gasteiger partial charge on any atom is -0.309 e. The number of hydrogen-bond acceptors (Lipinski definition) is 2. The summed E-state index contributed by atoms with van der Waals surface area (Å²) < 4.78 is 4.77. The molecule has 13 rings (SSSR count). The summed E-state index contributed by atoms with van der Waals surface area (Å²) in [5.74, 6) is 0.686. The molecular weight excluding hydrogens is 789 g/mol. The lowest BCUT2D eigenvalue weighted by atomic mass is 9.81. The molecule has 0 bridgehead atoms. The SMILES string of the molecule is CC1(C)c2ccccc2-c2ccc(-c3cc(-c4cc(-c5ccc(-n6c7ccccc7c7ccccc76)cc5)nc(-c5ccccc5)n4)cc(-n4c5ccccc5c5ccccc54)c3)cc21. The van der Waals surface area contributed by atoms with E-state index in [0.29, 0.717) is 5.82 Å². The first-order chi connectivity index (χ1) is 32.0. The molecule has 0 amide bonds. The molecule has 12 aromatic rings. The van der Waals surface area contributed by atoms with Crippen LogP contribution in [0.5, 0.6) is 0 Å². The molecular formula is C61H42N4. The Bertz CT molecular complexity index is 3740. The van der Waals surface area contributed by atoms with E-state index < -0.39 is 0 Å². The molecule has 0 unspecified atom stereocenters. The average molecular weight is 831 g/mol. The maximum Gasteiger partial charge on any atom is 0.160 e. The fourth-order valence-corrected chi connectivity index (χ4v) is 10.6. The molecule has 1 aliphatic rings. The number of nitrogens with zero attached hydrogens (tertiary/aromatic N) is 4. The predicted molar refractivity (Wildman–Crippen MR) is 270 cm³/mol. The van der Waals surface area contributed by atoms with E-state index in [-0.39, 0.29) is 5.41 Å². The monoisotopic (exact) mass is 830 g/mol. The van der Waals surface area contributed by atoms with Crippen molar-refractivity contribution >= 4 is 43.6 Å². The number of rotatable bonds is 6. The molecule has 3 aromatic heterocycles. The molecule has 0 fully saturated rings. The van der Waals surface area contributed by atoms with E-state index in [1.165, 1.54) is 71.4 Å². The highest BCUT2D eigenvalue weighted by Gasteiger charge is 2.35. The molecule has 3 heterocycles. The van der Waals surface area contributed by atoms with Crippen molar-refractivity contribution in [1.29, 1.82) is 0 Å². The van der Waals surface area contributed by atoms with Gasteiger partial charge in [-0.25, -0.2) is 9.97 Å². The Balaban J connectivity index is 1.01. The Morgan fingerprint density at radius 2 is 0.800 bits per heavy atom. The molecule has 0 aliphatic heterocycles. The van der Waals surface area contributed by atoms with Crippen molar-refractivity contribution in [1.82, 2.24) is 19.1 Å². The topological polar surface area (TPSA) is 35.6 Å². The van der Waals surface area contributed by atoms with Crippen LogP contribution in [0.2, 0.25) is 0 Å². The highest BCUT2D eigenvalue weighted by molar-refractivity contribution is 6.10. The first-order valence-electron chi connectivity index (χ1n) is 22.4. The van der Waals surface area contributed by atoms with Gasteiger partial charge in [0.1, 0.15) is 0 Å². The highest BCUT2D eigenvalue weighted by Crippen LogP contribution is 2.50. The van der Waals surface area contributed by atoms with Gasteiger partial charge in [-0.05, 0) is 100 Å². The molecule has 0 radical (unpaired) electrons. The summed E-state index contributed by atoms with van der Waals surface area (Å²) in [6.45, 7) is 4.70. The lowest BCUT2D eigenvalue weighted by molar-refractivity contribution is 0.660. The molecule has 4 heteroatoms. The van der Waals surface area contributed by atoms with Gasteiger partial charge in [-0.2, -0.15) is 0 Å². The van der Waals surface area contributed by atoms with Crippen molar-refractivity contribution in [3.63, 3.8) is 0 Å². The summed E-state index contributed by atoms with van der Waals surface area (Å²) >= 11 is 0. The molecule has 9 aromatic carbocycles. The zero-order valence-corrected chi connectivity index (χ0v) is 36.1. The molecule has 1 aliphatic carbocycles. The van der Waals surface area contributed by atoms with Gasteiger partial charge in [0, 0.05) is 55.0 Å². The lowest BCUT2D eigenvalue weighted by Gasteiger charge is -2.22. The second-order valence-corrected chi connectivity index (χ2v) is 17.8. The molecule has 0 N–H and O–H groups in total. The molecule has 0 saturated carbocycles. The molecule has 0 saturated heterocycles.